The predicted molar refractivity (Wildman–Crippen MR) is 132 cm³/mol. The van der Waals surface area contributed by atoms with Crippen LogP contribution in [-0.4, -0.2) is 78.6 Å². The molecule has 0 fully saturated rings. The number of aliphatic hydroxyl groups excluding tert-OH is 2. The molecule has 0 heterocycles. The van der Waals surface area contributed by atoms with Crippen molar-refractivity contribution in [1.29, 1.82) is 0 Å². The fourth-order valence-electron chi connectivity index (χ4n) is 6.09. The second-order valence-electron chi connectivity index (χ2n) is 10.0. The van der Waals surface area contributed by atoms with Crippen molar-refractivity contribution in [2.45, 2.75) is 25.4 Å². The van der Waals surface area contributed by atoms with Crippen molar-refractivity contribution in [3.8, 4) is 5.75 Å². The first-order chi connectivity index (χ1) is 17.0. The quantitative estimate of drug-likeness (QED) is 0.240. The first-order valence-electron chi connectivity index (χ1n) is 11.8. The summed E-state index contributed by atoms with van der Waals surface area (Å²) in [6.45, 7) is -0.232. The van der Waals surface area contributed by atoms with Crippen LogP contribution in [-0.2, 0) is 22.6 Å². The van der Waals surface area contributed by atoms with Crippen LogP contribution in [0.3, 0.4) is 0 Å². The van der Waals surface area contributed by atoms with Gasteiger partial charge in [-0.2, -0.15) is 0 Å². The van der Waals surface area contributed by atoms with Crippen LogP contribution in [0.1, 0.15) is 27.9 Å². The number of nitrogens with two attached hydrogens (primary N) is 2. The molecule has 4 rings (SSSR count). The number of amides is 1. The maximum atomic E-state index is 13.8. The molecular weight excluding hydrogens is 466 g/mol. The summed E-state index contributed by atoms with van der Waals surface area (Å²) in [4.78, 5) is 43.4. The van der Waals surface area contributed by atoms with Gasteiger partial charge >= 0.3 is 0 Å². The molecule has 0 aromatic heterocycles. The van der Waals surface area contributed by atoms with E-state index in [1.54, 1.807) is 25.1 Å². The molecule has 36 heavy (non-hydrogen) atoms. The summed E-state index contributed by atoms with van der Waals surface area (Å²) in [5.41, 5.74) is 12.7. The molecule has 0 aliphatic heterocycles. The van der Waals surface area contributed by atoms with Crippen molar-refractivity contribution in [2.24, 2.45) is 29.2 Å². The Morgan fingerprint density at radius 1 is 1.11 bits per heavy atom. The lowest BCUT2D eigenvalue weighted by molar-refractivity contribution is -0.128. The number of nitrogens with one attached hydrogen (secondary N) is 1. The summed E-state index contributed by atoms with van der Waals surface area (Å²) in [7, 11) is 7.08. The van der Waals surface area contributed by atoms with E-state index in [-0.39, 0.29) is 35.9 Å². The average molecular weight is 500 g/mol. The number of hydrogen-bond acceptors (Lipinski definition) is 10. The second-order valence-corrected chi connectivity index (χ2v) is 10.0. The van der Waals surface area contributed by atoms with E-state index >= 15 is 0 Å². The molecule has 0 radical (unpaired) electrons. The van der Waals surface area contributed by atoms with Gasteiger partial charge < -0.3 is 37.0 Å². The number of Topliss-reactive ketones (excluding diaryl/α,β-unsaturated/α-hetero) is 2. The molecular formula is C25H33N5O6. The van der Waals surface area contributed by atoms with Gasteiger partial charge in [-0.25, -0.2) is 0 Å². The Morgan fingerprint density at radius 2 is 1.78 bits per heavy atom. The SMILES string of the molecule is CN(C)c1cc(CN)c(O)c2c1CC1C[C@@H]3C(C(=O)C(C(=O)NCN)=C(O)[C@H]3N(C)C)C(O)=C1C2=O. The van der Waals surface area contributed by atoms with E-state index in [1.165, 1.54) is 0 Å². The highest BCUT2D eigenvalue weighted by atomic mass is 16.3. The molecule has 0 spiro atoms. The minimum Gasteiger partial charge on any atom is -0.511 e. The van der Waals surface area contributed by atoms with Gasteiger partial charge in [0.25, 0.3) is 5.91 Å². The third-order valence-corrected chi connectivity index (χ3v) is 7.57. The molecule has 0 bridgehead atoms. The van der Waals surface area contributed by atoms with Gasteiger partial charge in [0.15, 0.2) is 11.6 Å². The van der Waals surface area contributed by atoms with Crippen LogP contribution in [0.2, 0.25) is 0 Å². The minimum atomic E-state index is -1.20. The molecule has 3 aliphatic carbocycles. The van der Waals surface area contributed by atoms with Crippen LogP contribution < -0.4 is 21.7 Å². The molecule has 0 saturated carbocycles. The summed E-state index contributed by atoms with van der Waals surface area (Å²) in [6.07, 6.45) is 0.654. The number of fused-ring (bicyclic) bond motifs is 3. The standard InChI is InChI=1S/C25H33N5O6/c1-29(2)14-7-11(8-26)20(31)16-12(14)5-10-6-13-17(22(33)15(10)21(16)32)23(34)18(25(36)28-9-27)24(35)19(13)30(3)4/h7,10,13,17,19,31,33,35H,5-6,8-9,26-27H2,1-4H3,(H,28,36)/t10?,13-,17?,19+/m1/s1. The topological polar surface area (TPSA) is 182 Å². The third-order valence-electron chi connectivity index (χ3n) is 7.57. The largest absolute Gasteiger partial charge is 0.511 e. The molecule has 3 aliphatic rings. The normalized spacial score (nSPS) is 25.5. The average Bonchev–Trinajstić information content (AvgIpc) is 2.78. The van der Waals surface area contributed by atoms with Crippen molar-refractivity contribution in [3.05, 3.63) is 45.4 Å². The zero-order valence-electron chi connectivity index (χ0n) is 20.8. The number of nitrogens with zero attached hydrogens (tertiary/aromatic N) is 2. The molecule has 4 atom stereocenters. The van der Waals surface area contributed by atoms with Crippen LogP contribution in [0.15, 0.2) is 28.7 Å². The van der Waals surface area contributed by atoms with Gasteiger partial charge in [0.1, 0.15) is 22.8 Å². The van der Waals surface area contributed by atoms with Gasteiger partial charge in [-0.3, -0.25) is 19.3 Å². The number of likely N-dealkylation sites (N-methyl/N-ethyl adjacent to an activating group) is 1. The van der Waals surface area contributed by atoms with Crippen LogP contribution >= 0.6 is 0 Å². The molecule has 11 nitrogen and oxygen atoms in total. The summed E-state index contributed by atoms with van der Waals surface area (Å²) in [5.74, 6) is -5.42. The highest BCUT2D eigenvalue weighted by Gasteiger charge is 2.54. The summed E-state index contributed by atoms with van der Waals surface area (Å²) >= 11 is 0. The number of anilines is 1. The lowest BCUT2D eigenvalue weighted by Gasteiger charge is -2.46. The number of aromatic hydroxyl groups is 1. The van der Waals surface area contributed by atoms with Crippen molar-refractivity contribution in [1.82, 2.24) is 10.2 Å². The van der Waals surface area contributed by atoms with E-state index in [1.807, 2.05) is 19.0 Å². The van der Waals surface area contributed by atoms with E-state index < -0.39 is 52.6 Å². The predicted octanol–water partition coefficient (Wildman–Crippen LogP) is 0.0775. The van der Waals surface area contributed by atoms with Gasteiger partial charge in [-0.1, -0.05) is 0 Å². The molecule has 1 amide bonds. The molecule has 1 aromatic carbocycles. The Kier molecular flexibility index (Phi) is 6.58. The number of rotatable bonds is 5. The number of carbonyl (C=O) groups excluding carboxylic acids is 3. The van der Waals surface area contributed by atoms with E-state index in [0.717, 1.165) is 5.69 Å². The van der Waals surface area contributed by atoms with E-state index in [4.69, 9.17) is 11.5 Å². The fourth-order valence-corrected chi connectivity index (χ4v) is 6.09. The number of ketones is 2. The number of phenolic OH excluding ortho intramolecular Hbond substituents is 1. The van der Waals surface area contributed by atoms with Crippen molar-refractivity contribution in [2.75, 3.05) is 39.8 Å². The zero-order valence-corrected chi connectivity index (χ0v) is 20.8. The monoisotopic (exact) mass is 499 g/mol. The second kappa shape index (κ2) is 9.23. The number of benzene rings is 1. The summed E-state index contributed by atoms with van der Waals surface area (Å²) in [5, 5.41) is 35.6. The lowest BCUT2D eigenvalue weighted by atomic mass is 9.60. The Morgan fingerprint density at radius 3 is 2.33 bits per heavy atom. The van der Waals surface area contributed by atoms with Crippen molar-refractivity contribution < 1.29 is 29.7 Å². The molecule has 0 saturated heterocycles. The molecule has 2 unspecified atom stereocenters. The first kappa shape index (κ1) is 25.7. The zero-order chi connectivity index (χ0) is 26.6. The van der Waals surface area contributed by atoms with Crippen molar-refractivity contribution >= 4 is 23.2 Å². The summed E-state index contributed by atoms with van der Waals surface area (Å²) in [6, 6.07) is 1.01. The van der Waals surface area contributed by atoms with Crippen molar-refractivity contribution in [3.63, 3.8) is 0 Å². The molecule has 1 aromatic rings. The number of carbonyl (C=O) groups is 3. The number of allylic oxidation sites excluding steroid dienone is 2. The molecule has 11 heteroatoms. The van der Waals surface area contributed by atoms with Crippen LogP contribution in [0.5, 0.6) is 5.75 Å². The van der Waals surface area contributed by atoms with Gasteiger partial charge in [0.05, 0.1) is 24.2 Å². The van der Waals surface area contributed by atoms with E-state index in [2.05, 4.69) is 5.32 Å². The maximum absolute atomic E-state index is 13.8. The third kappa shape index (κ3) is 3.66. The van der Waals surface area contributed by atoms with E-state index in [0.29, 0.717) is 24.0 Å². The maximum Gasteiger partial charge on any atom is 0.259 e. The number of hydrogen-bond donors (Lipinski definition) is 6. The van der Waals surface area contributed by atoms with Gasteiger partial charge in [-0.05, 0) is 50.4 Å². The van der Waals surface area contributed by atoms with Gasteiger partial charge in [-0.15, -0.1) is 0 Å². The number of aliphatic hydroxyl groups is 2. The highest BCUT2D eigenvalue weighted by Crippen LogP contribution is 2.51. The Bertz CT molecular complexity index is 1220. The van der Waals surface area contributed by atoms with E-state index in [9.17, 15) is 29.7 Å². The Balaban J connectivity index is 1.91. The molecule has 8 N–H and O–H groups in total. The highest BCUT2D eigenvalue weighted by molar-refractivity contribution is 6.22. The van der Waals surface area contributed by atoms with Gasteiger partial charge in [0, 0.05) is 37.5 Å². The van der Waals surface area contributed by atoms with Crippen LogP contribution in [0.4, 0.5) is 5.69 Å². The van der Waals surface area contributed by atoms with Gasteiger partial charge in [0.2, 0.25) is 0 Å². The summed E-state index contributed by atoms with van der Waals surface area (Å²) < 4.78 is 0. The van der Waals surface area contributed by atoms with Crippen LogP contribution in [0, 0.1) is 17.8 Å². The Hall–Kier alpha value is -3.41. The smallest absolute Gasteiger partial charge is 0.259 e. The number of phenols is 1. The first-order valence-corrected chi connectivity index (χ1v) is 11.8. The molecule has 194 valence electrons. The minimum absolute atomic E-state index is 0.0130. The van der Waals surface area contributed by atoms with Crippen LogP contribution in [0.25, 0.3) is 0 Å². The lowest BCUT2D eigenvalue weighted by Crippen LogP contribution is -2.53. The Labute approximate surface area is 209 Å². The fraction of sp³-hybridized carbons (Fsp3) is 0.480.